The molecule has 0 bridgehead atoms. The number of rotatable bonds is 4. The number of unbranched alkanes of at least 4 members (excludes halogenated alkanes) is 1. The number of hydrogen-bond donors (Lipinski definition) is 1. The van der Waals surface area contributed by atoms with Crippen LogP contribution in [0.3, 0.4) is 0 Å². The molecule has 1 saturated carbocycles. The number of carbonyl (C=O) groups is 1. The first kappa shape index (κ1) is 13.9. The van der Waals surface area contributed by atoms with E-state index in [1.165, 1.54) is 25.7 Å². The molecule has 18 heavy (non-hydrogen) atoms. The maximum Gasteiger partial charge on any atom is 0.241 e. The van der Waals surface area contributed by atoms with E-state index in [1.54, 1.807) is 0 Å². The summed E-state index contributed by atoms with van der Waals surface area (Å²) in [5, 5.41) is 3.40. The molecule has 2 fully saturated rings. The molecule has 2 aliphatic rings. The van der Waals surface area contributed by atoms with Gasteiger partial charge in [-0.25, -0.2) is 0 Å². The number of amides is 1. The minimum absolute atomic E-state index is 0.0920. The highest BCUT2D eigenvalue weighted by Crippen LogP contribution is 2.34. The Hall–Kier alpha value is -0.570. The van der Waals surface area contributed by atoms with E-state index in [4.69, 9.17) is 0 Å². The molecule has 104 valence electrons. The molecule has 1 amide bonds. The van der Waals surface area contributed by atoms with Gasteiger partial charge in [-0.3, -0.25) is 10.1 Å². The van der Waals surface area contributed by atoms with Gasteiger partial charge in [-0.2, -0.15) is 0 Å². The molecule has 4 unspecified atom stereocenters. The summed E-state index contributed by atoms with van der Waals surface area (Å²) in [6.07, 6.45) is 7.12. The summed E-state index contributed by atoms with van der Waals surface area (Å²) in [6.45, 7) is 7.61. The topological polar surface area (TPSA) is 32.3 Å². The fourth-order valence-corrected chi connectivity index (χ4v) is 3.48. The molecule has 1 N–H and O–H groups in total. The minimum atomic E-state index is 0.0920. The van der Waals surface area contributed by atoms with Crippen LogP contribution in [-0.2, 0) is 4.79 Å². The van der Waals surface area contributed by atoms with E-state index in [9.17, 15) is 4.79 Å². The van der Waals surface area contributed by atoms with E-state index in [0.29, 0.717) is 17.9 Å². The van der Waals surface area contributed by atoms with Crippen molar-refractivity contribution in [3.8, 4) is 0 Å². The van der Waals surface area contributed by atoms with E-state index in [0.717, 1.165) is 25.4 Å². The molecule has 1 heterocycles. The van der Waals surface area contributed by atoms with E-state index < -0.39 is 0 Å². The van der Waals surface area contributed by atoms with Gasteiger partial charge in [0.1, 0.15) is 0 Å². The lowest BCUT2D eigenvalue weighted by molar-refractivity contribution is -0.133. The highest BCUT2D eigenvalue weighted by molar-refractivity contribution is 5.84. The van der Waals surface area contributed by atoms with Gasteiger partial charge in [0.05, 0.1) is 12.7 Å². The highest BCUT2D eigenvalue weighted by Gasteiger charge is 2.39. The predicted octanol–water partition coefficient (Wildman–Crippen LogP) is 2.76. The van der Waals surface area contributed by atoms with Gasteiger partial charge in [0.25, 0.3) is 0 Å². The normalized spacial score (nSPS) is 37.3. The summed E-state index contributed by atoms with van der Waals surface area (Å²) < 4.78 is 0. The van der Waals surface area contributed by atoms with Crippen LogP contribution in [0.1, 0.15) is 59.3 Å². The van der Waals surface area contributed by atoms with E-state index >= 15 is 0 Å². The third-order valence-corrected chi connectivity index (χ3v) is 5.00. The van der Waals surface area contributed by atoms with E-state index in [1.807, 2.05) is 0 Å². The maximum atomic E-state index is 12.4. The lowest BCUT2D eigenvalue weighted by Crippen LogP contribution is -2.46. The van der Waals surface area contributed by atoms with Crippen molar-refractivity contribution in [1.82, 2.24) is 10.2 Å². The summed E-state index contributed by atoms with van der Waals surface area (Å²) in [6, 6.07) is 0.565. The summed E-state index contributed by atoms with van der Waals surface area (Å²) in [5.74, 6) is 1.76. The SMILES string of the molecule is CCCCC1NCN(C2CCCC(C)C2C)C1=O. The van der Waals surface area contributed by atoms with Crippen molar-refractivity contribution in [2.24, 2.45) is 11.8 Å². The van der Waals surface area contributed by atoms with Crippen LogP contribution in [-0.4, -0.2) is 29.6 Å². The standard InChI is InChI=1S/C15H28N2O/c1-4-5-8-13-15(18)17(10-16-13)14-9-6-7-11(2)12(14)3/h11-14,16H,4-10H2,1-3H3. The van der Waals surface area contributed by atoms with Crippen LogP contribution < -0.4 is 5.32 Å². The third kappa shape index (κ3) is 2.71. The highest BCUT2D eigenvalue weighted by atomic mass is 16.2. The van der Waals surface area contributed by atoms with Gasteiger partial charge in [0.2, 0.25) is 5.91 Å². The molecule has 4 atom stereocenters. The fourth-order valence-electron chi connectivity index (χ4n) is 3.48. The predicted molar refractivity (Wildman–Crippen MR) is 74.1 cm³/mol. The molecule has 1 aliphatic heterocycles. The molecule has 1 saturated heterocycles. The van der Waals surface area contributed by atoms with Crippen LogP contribution in [0.2, 0.25) is 0 Å². The zero-order chi connectivity index (χ0) is 13.1. The Morgan fingerprint density at radius 3 is 2.83 bits per heavy atom. The van der Waals surface area contributed by atoms with Crippen molar-refractivity contribution < 1.29 is 4.79 Å². The van der Waals surface area contributed by atoms with Crippen molar-refractivity contribution >= 4 is 5.91 Å². The smallest absolute Gasteiger partial charge is 0.241 e. The first-order chi connectivity index (χ1) is 8.65. The Kier molecular flexibility index (Phi) is 4.66. The summed E-state index contributed by atoms with van der Waals surface area (Å²) >= 11 is 0. The minimum Gasteiger partial charge on any atom is -0.325 e. The lowest BCUT2D eigenvalue weighted by atomic mass is 9.77. The Balaban J connectivity index is 1.95. The summed E-state index contributed by atoms with van der Waals surface area (Å²) in [5.41, 5.74) is 0. The molecule has 2 rings (SSSR count). The van der Waals surface area contributed by atoms with Gasteiger partial charge in [0.15, 0.2) is 0 Å². The summed E-state index contributed by atoms with van der Waals surface area (Å²) in [4.78, 5) is 14.6. The van der Waals surface area contributed by atoms with Crippen molar-refractivity contribution in [2.75, 3.05) is 6.67 Å². The molecule has 3 nitrogen and oxygen atoms in total. The molecular formula is C15H28N2O. The van der Waals surface area contributed by atoms with Crippen molar-refractivity contribution in [3.63, 3.8) is 0 Å². The molecule has 1 aliphatic carbocycles. The Labute approximate surface area is 111 Å². The molecule has 0 aromatic heterocycles. The van der Waals surface area contributed by atoms with Crippen molar-refractivity contribution in [2.45, 2.75) is 71.4 Å². The molecule has 3 heteroatoms. The quantitative estimate of drug-likeness (QED) is 0.834. The molecule has 0 aromatic carbocycles. The second kappa shape index (κ2) is 6.05. The zero-order valence-electron chi connectivity index (χ0n) is 12.1. The lowest BCUT2D eigenvalue weighted by Gasteiger charge is -2.39. The Bertz CT molecular complexity index is 292. The van der Waals surface area contributed by atoms with Gasteiger partial charge in [-0.05, 0) is 24.7 Å². The zero-order valence-corrected chi connectivity index (χ0v) is 12.1. The van der Waals surface area contributed by atoms with E-state index in [2.05, 4.69) is 31.0 Å². The largest absolute Gasteiger partial charge is 0.325 e. The molecule has 0 radical (unpaired) electrons. The van der Waals surface area contributed by atoms with E-state index in [-0.39, 0.29) is 6.04 Å². The van der Waals surface area contributed by atoms with Crippen LogP contribution in [0.4, 0.5) is 0 Å². The maximum absolute atomic E-state index is 12.4. The first-order valence-corrected chi connectivity index (χ1v) is 7.69. The summed E-state index contributed by atoms with van der Waals surface area (Å²) in [7, 11) is 0. The number of hydrogen-bond acceptors (Lipinski definition) is 2. The Morgan fingerprint density at radius 2 is 2.11 bits per heavy atom. The molecular weight excluding hydrogens is 224 g/mol. The average molecular weight is 252 g/mol. The average Bonchev–Trinajstić information content (AvgIpc) is 2.72. The van der Waals surface area contributed by atoms with Crippen molar-refractivity contribution in [1.29, 1.82) is 0 Å². The van der Waals surface area contributed by atoms with Gasteiger partial charge in [-0.1, -0.05) is 46.5 Å². The van der Waals surface area contributed by atoms with Gasteiger partial charge in [-0.15, -0.1) is 0 Å². The second-order valence-electron chi connectivity index (χ2n) is 6.20. The first-order valence-electron chi connectivity index (χ1n) is 7.69. The van der Waals surface area contributed by atoms with Gasteiger partial charge in [0, 0.05) is 6.04 Å². The van der Waals surface area contributed by atoms with Gasteiger partial charge >= 0.3 is 0 Å². The van der Waals surface area contributed by atoms with Crippen LogP contribution in [0, 0.1) is 11.8 Å². The fraction of sp³-hybridized carbons (Fsp3) is 0.933. The number of nitrogens with zero attached hydrogens (tertiary/aromatic N) is 1. The third-order valence-electron chi connectivity index (χ3n) is 5.00. The van der Waals surface area contributed by atoms with Crippen LogP contribution in [0.5, 0.6) is 0 Å². The van der Waals surface area contributed by atoms with Crippen LogP contribution in [0.15, 0.2) is 0 Å². The van der Waals surface area contributed by atoms with Crippen LogP contribution >= 0.6 is 0 Å². The molecule has 0 spiro atoms. The Morgan fingerprint density at radius 1 is 1.33 bits per heavy atom. The van der Waals surface area contributed by atoms with Crippen molar-refractivity contribution in [3.05, 3.63) is 0 Å². The molecule has 0 aromatic rings. The number of nitrogens with one attached hydrogen (secondary N) is 1. The monoisotopic (exact) mass is 252 g/mol. The van der Waals surface area contributed by atoms with Gasteiger partial charge < -0.3 is 4.90 Å². The second-order valence-corrected chi connectivity index (χ2v) is 6.20. The number of carbonyl (C=O) groups excluding carboxylic acids is 1. The van der Waals surface area contributed by atoms with Crippen LogP contribution in [0.25, 0.3) is 0 Å².